The van der Waals surface area contributed by atoms with Gasteiger partial charge in [0.15, 0.2) is 0 Å². The lowest BCUT2D eigenvalue weighted by atomic mass is 10.2. The summed E-state index contributed by atoms with van der Waals surface area (Å²) in [6, 6.07) is 0. The molecule has 86 valence electrons. The Hall–Kier alpha value is -1.16. The third-order valence-corrected chi connectivity index (χ3v) is 3.54. The summed E-state index contributed by atoms with van der Waals surface area (Å²) in [5, 5.41) is 3.35. The van der Waals surface area contributed by atoms with E-state index in [9.17, 15) is 0 Å². The van der Waals surface area contributed by atoms with E-state index in [1.165, 1.54) is 10.9 Å². The van der Waals surface area contributed by atoms with Crippen LogP contribution in [0.5, 0.6) is 0 Å². The van der Waals surface area contributed by atoms with Gasteiger partial charge in [-0.3, -0.25) is 0 Å². The summed E-state index contributed by atoms with van der Waals surface area (Å²) in [4.78, 5) is 12.0. The third kappa shape index (κ3) is 2.02. The van der Waals surface area contributed by atoms with Gasteiger partial charge in [-0.1, -0.05) is 13.8 Å². The molecule has 0 radical (unpaired) electrons. The second kappa shape index (κ2) is 4.37. The van der Waals surface area contributed by atoms with E-state index < -0.39 is 0 Å². The Morgan fingerprint density at radius 1 is 1.38 bits per heavy atom. The monoisotopic (exact) mass is 235 g/mol. The van der Waals surface area contributed by atoms with Gasteiger partial charge >= 0.3 is 0 Å². The Bertz CT molecular complexity index is 490. The molecule has 0 saturated heterocycles. The molecule has 2 rings (SSSR count). The number of thiophene rings is 1. The van der Waals surface area contributed by atoms with E-state index in [2.05, 4.69) is 48.1 Å². The molecule has 2 aromatic rings. The number of aromatic nitrogens is 2. The number of hydrogen-bond donors (Lipinski definition) is 0. The number of rotatable bonds is 3. The zero-order valence-electron chi connectivity index (χ0n) is 10.2. The van der Waals surface area contributed by atoms with Gasteiger partial charge in [0.1, 0.15) is 17.0 Å². The fraction of sp³-hybridized carbons (Fsp3) is 0.500. The topological polar surface area (TPSA) is 29.0 Å². The lowest BCUT2D eigenvalue weighted by molar-refractivity contribution is 0.635. The number of anilines is 1. The Kier molecular flexibility index (Phi) is 3.10. The van der Waals surface area contributed by atoms with Crippen molar-refractivity contribution in [3.05, 3.63) is 17.3 Å². The molecule has 3 nitrogen and oxygen atoms in total. The average Bonchev–Trinajstić information content (AvgIpc) is 2.59. The summed E-state index contributed by atoms with van der Waals surface area (Å²) in [5.41, 5.74) is 1.27. The standard InChI is InChI=1S/C12H17N3S/c1-8(2)5-15(4)11-10-9(3)6-16-12(10)14-7-13-11/h6-8H,5H2,1-4H3. The van der Waals surface area contributed by atoms with Gasteiger partial charge < -0.3 is 4.90 Å². The van der Waals surface area contributed by atoms with Crippen molar-refractivity contribution in [1.82, 2.24) is 9.97 Å². The van der Waals surface area contributed by atoms with Crippen molar-refractivity contribution < 1.29 is 0 Å². The molecule has 0 spiro atoms. The molecule has 0 amide bonds. The largest absolute Gasteiger partial charge is 0.359 e. The summed E-state index contributed by atoms with van der Waals surface area (Å²) in [6.07, 6.45) is 1.66. The van der Waals surface area contributed by atoms with Crippen molar-refractivity contribution in [3.63, 3.8) is 0 Å². The highest BCUT2D eigenvalue weighted by Crippen LogP contribution is 2.30. The van der Waals surface area contributed by atoms with Crippen LogP contribution < -0.4 is 4.90 Å². The van der Waals surface area contributed by atoms with Crippen LogP contribution in [0.4, 0.5) is 5.82 Å². The molecule has 0 unspecified atom stereocenters. The molecule has 2 aromatic heterocycles. The van der Waals surface area contributed by atoms with Crippen molar-refractivity contribution in [1.29, 1.82) is 0 Å². The molecule has 0 saturated carbocycles. The van der Waals surface area contributed by atoms with Gasteiger partial charge in [0, 0.05) is 13.6 Å². The number of nitrogens with zero attached hydrogens (tertiary/aromatic N) is 3. The average molecular weight is 235 g/mol. The highest BCUT2D eigenvalue weighted by Gasteiger charge is 2.12. The maximum absolute atomic E-state index is 4.41. The van der Waals surface area contributed by atoms with Gasteiger partial charge in [0.2, 0.25) is 0 Å². The van der Waals surface area contributed by atoms with Crippen LogP contribution in [0.3, 0.4) is 0 Å². The fourth-order valence-corrected chi connectivity index (χ4v) is 2.81. The molecular formula is C12H17N3S. The van der Waals surface area contributed by atoms with E-state index in [1.54, 1.807) is 17.7 Å². The van der Waals surface area contributed by atoms with Gasteiger partial charge in [-0.2, -0.15) is 0 Å². The molecule has 0 aliphatic carbocycles. The van der Waals surface area contributed by atoms with Crippen LogP contribution in [0.15, 0.2) is 11.7 Å². The molecular weight excluding hydrogens is 218 g/mol. The highest BCUT2D eigenvalue weighted by atomic mass is 32.1. The summed E-state index contributed by atoms with van der Waals surface area (Å²) < 4.78 is 0. The summed E-state index contributed by atoms with van der Waals surface area (Å²) in [5.74, 6) is 1.69. The van der Waals surface area contributed by atoms with E-state index in [1.807, 2.05) is 0 Å². The summed E-state index contributed by atoms with van der Waals surface area (Å²) >= 11 is 1.69. The van der Waals surface area contributed by atoms with E-state index in [-0.39, 0.29) is 0 Å². The first-order valence-corrected chi connectivity index (χ1v) is 6.37. The number of aryl methyl sites for hydroxylation is 1. The van der Waals surface area contributed by atoms with Gasteiger partial charge in [0.25, 0.3) is 0 Å². The van der Waals surface area contributed by atoms with Crippen LogP contribution in [0.2, 0.25) is 0 Å². The molecule has 0 fully saturated rings. The lowest BCUT2D eigenvalue weighted by Gasteiger charge is -2.21. The minimum absolute atomic E-state index is 0.633. The van der Waals surface area contributed by atoms with Gasteiger partial charge in [0.05, 0.1) is 5.39 Å². The molecule has 0 aliphatic heterocycles. The maximum Gasteiger partial charge on any atom is 0.140 e. The second-order valence-electron chi connectivity index (χ2n) is 4.57. The van der Waals surface area contributed by atoms with Crippen molar-refractivity contribution in [2.45, 2.75) is 20.8 Å². The van der Waals surface area contributed by atoms with Crippen LogP contribution in [0.25, 0.3) is 10.2 Å². The summed E-state index contributed by atoms with van der Waals surface area (Å²) in [6.45, 7) is 7.57. The Labute approximate surface area is 100 Å². The number of fused-ring (bicyclic) bond motifs is 1. The molecule has 0 N–H and O–H groups in total. The van der Waals surface area contributed by atoms with Crippen LogP contribution >= 0.6 is 11.3 Å². The lowest BCUT2D eigenvalue weighted by Crippen LogP contribution is -2.23. The van der Waals surface area contributed by atoms with E-state index in [0.29, 0.717) is 5.92 Å². The normalized spacial score (nSPS) is 11.3. The Balaban J connectivity index is 2.47. The van der Waals surface area contributed by atoms with Crippen LogP contribution in [0.1, 0.15) is 19.4 Å². The molecule has 0 aliphatic rings. The molecule has 0 atom stereocenters. The molecule has 0 aromatic carbocycles. The molecule has 4 heteroatoms. The van der Waals surface area contributed by atoms with Crippen molar-refractivity contribution in [2.24, 2.45) is 5.92 Å². The predicted molar refractivity (Wildman–Crippen MR) is 70.3 cm³/mol. The minimum Gasteiger partial charge on any atom is -0.359 e. The number of hydrogen-bond acceptors (Lipinski definition) is 4. The van der Waals surface area contributed by atoms with Gasteiger partial charge in [-0.05, 0) is 23.8 Å². The van der Waals surface area contributed by atoms with Crippen molar-refractivity contribution in [2.75, 3.05) is 18.5 Å². The minimum atomic E-state index is 0.633. The first-order chi connectivity index (χ1) is 7.59. The smallest absolute Gasteiger partial charge is 0.140 e. The SMILES string of the molecule is Cc1csc2ncnc(N(C)CC(C)C)c12. The van der Waals surface area contributed by atoms with E-state index in [4.69, 9.17) is 0 Å². The van der Waals surface area contributed by atoms with E-state index >= 15 is 0 Å². The van der Waals surface area contributed by atoms with Crippen LogP contribution in [-0.4, -0.2) is 23.6 Å². The third-order valence-electron chi connectivity index (χ3n) is 2.53. The van der Waals surface area contributed by atoms with E-state index in [0.717, 1.165) is 17.2 Å². The first kappa shape index (κ1) is 11.3. The second-order valence-corrected chi connectivity index (χ2v) is 5.43. The maximum atomic E-state index is 4.41. The fourth-order valence-electron chi connectivity index (χ4n) is 1.92. The van der Waals surface area contributed by atoms with Crippen LogP contribution in [0, 0.1) is 12.8 Å². The zero-order chi connectivity index (χ0) is 11.7. The van der Waals surface area contributed by atoms with Crippen molar-refractivity contribution in [3.8, 4) is 0 Å². The predicted octanol–water partition coefficient (Wildman–Crippen LogP) is 3.09. The zero-order valence-corrected chi connectivity index (χ0v) is 11.0. The van der Waals surface area contributed by atoms with Gasteiger partial charge in [-0.25, -0.2) is 9.97 Å². The van der Waals surface area contributed by atoms with Gasteiger partial charge in [-0.15, -0.1) is 11.3 Å². The highest BCUT2D eigenvalue weighted by molar-refractivity contribution is 7.17. The molecule has 0 bridgehead atoms. The summed E-state index contributed by atoms with van der Waals surface area (Å²) in [7, 11) is 2.10. The van der Waals surface area contributed by atoms with Crippen molar-refractivity contribution >= 4 is 27.4 Å². The molecule has 16 heavy (non-hydrogen) atoms. The Morgan fingerprint density at radius 3 is 2.81 bits per heavy atom. The molecule has 2 heterocycles. The quantitative estimate of drug-likeness (QED) is 0.818. The first-order valence-electron chi connectivity index (χ1n) is 5.49. The van der Waals surface area contributed by atoms with Crippen LogP contribution in [-0.2, 0) is 0 Å². The Morgan fingerprint density at radius 2 is 2.12 bits per heavy atom.